The first kappa shape index (κ1) is 13.9. The molecule has 20 heavy (non-hydrogen) atoms. The Labute approximate surface area is 117 Å². The molecule has 2 aromatic carbocycles. The van der Waals surface area contributed by atoms with Gasteiger partial charge in [0.15, 0.2) is 0 Å². The third-order valence-electron chi connectivity index (χ3n) is 3.22. The predicted octanol–water partition coefficient (Wildman–Crippen LogP) is 3.12. The quantitative estimate of drug-likeness (QED) is 0.527. The molecule has 0 saturated carbocycles. The highest BCUT2D eigenvalue weighted by molar-refractivity contribution is 5.64. The fourth-order valence-corrected chi connectivity index (χ4v) is 2.11. The van der Waals surface area contributed by atoms with E-state index in [1.807, 2.05) is 43.1 Å². The van der Waals surface area contributed by atoms with Gasteiger partial charge in [-0.3, -0.25) is 10.1 Å². The topological polar surface area (TPSA) is 72.4 Å². The molecule has 104 valence electrons. The van der Waals surface area contributed by atoms with Crippen LogP contribution in [0.3, 0.4) is 0 Å². The summed E-state index contributed by atoms with van der Waals surface area (Å²) in [5.41, 5.74) is 9.04. The summed E-state index contributed by atoms with van der Waals surface area (Å²) >= 11 is 0. The van der Waals surface area contributed by atoms with Crippen molar-refractivity contribution in [3.8, 4) is 0 Å². The molecular weight excluding hydrogens is 254 g/mol. The van der Waals surface area contributed by atoms with Crippen molar-refractivity contribution in [1.82, 2.24) is 0 Å². The maximum Gasteiger partial charge on any atom is 0.292 e. The van der Waals surface area contributed by atoms with E-state index in [1.54, 1.807) is 6.07 Å². The van der Waals surface area contributed by atoms with Crippen LogP contribution in [0.2, 0.25) is 0 Å². The molecule has 0 aliphatic rings. The average molecular weight is 271 g/mol. The lowest BCUT2D eigenvalue weighted by atomic mass is 10.1. The second kappa shape index (κ2) is 5.61. The second-order valence-corrected chi connectivity index (χ2v) is 4.80. The van der Waals surface area contributed by atoms with E-state index < -0.39 is 4.92 Å². The Balaban J connectivity index is 2.26. The van der Waals surface area contributed by atoms with Crippen LogP contribution in [0.15, 0.2) is 42.5 Å². The molecule has 0 saturated heterocycles. The zero-order valence-electron chi connectivity index (χ0n) is 11.5. The molecule has 0 unspecified atom stereocenters. The molecule has 2 rings (SSSR count). The third kappa shape index (κ3) is 2.88. The number of nitrogen functional groups attached to an aromatic ring is 1. The molecule has 5 nitrogen and oxygen atoms in total. The van der Waals surface area contributed by atoms with E-state index in [1.165, 1.54) is 11.6 Å². The van der Waals surface area contributed by atoms with Crippen molar-refractivity contribution in [2.24, 2.45) is 0 Å². The lowest BCUT2D eigenvalue weighted by molar-refractivity contribution is -0.383. The van der Waals surface area contributed by atoms with Crippen LogP contribution in [0.25, 0.3) is 0 Å². The van der Waals surface area contributed by atoms with Crippen molar-refractivity contribution in [1.29, 1.82) is 0 Å². The van der Waals surface area contributed by atoms with Gasteiger partial charge in [-0.15, -0.1) is 0 Å². The summed E-state index contributed by atoms with van der Waals surface area (Å²) in [6.45, 7) is 2.55. The van der Waals surface area contributed by atoms with Crippen LogP contribution in [0.5, 0.6) is 0 Å². The van der Waals surface area contributed by atoms with E-state index in [0.717, 1.165) is 11.3 Å². The van der Waals surface area contributed by atoms with Crippen LogP contribution in [-0.2, 0) is 6.54 Å². The van der Waals surface area contributed by atoms with Gasteiger partial charge in [0.2, 0.25) is 0 Å². The highest BCUT2D eigenvalue weighted by Crippen LogP contribution is 2.27. The minimum atomic E-state index is -0.453. The van der Waals surface area contributed by atoms with Gasteiger partial charge >= 0.3 is 0 Å². The molecule has 0 atom stereocenters. The van der Waals surface area contributed by atoms with Crippen molar-refractivity contribution in [2.75, 3.05) is 17.7 Å². The van der Waals surface area contributed by atoms with Gasteiger partial charge in [0.05, 0.1) is 4.92 Å². The van der Waals surface area contributed by atoms with E-state index in [4.69, 9.17) is 5.73 Å². The Morgan fingerprint density at radius 1 is 1.25 bits per heavy atom. The number of nitrogens with zero attached hydrogens (tertiary/aromatic N) is 2. The Morgan fingerprint density at radius 2 is 1.95 bits per heavy atom. The molecule has 0 fully saturated rings. The minimum absolute atomic E-state index is 0.0415. The molecule has 0 amide bonds. The zero-order valence-corrected chi connectivity index (χ0v) is 11.5. The lowest BCUT2D eigenvalue weighted by Gasteiger charge is -2.20. The number of rotatable bonds is 4. The molecule has 0 aromatic heterocycles. The molecule has 0 aliphatic carbocycles. The molecule has 0 aliphatic heterocycles. The maximum absolute atomic E-state index is 10.9. The van der Waals surface area contributed by atoms with Crippen LogP contribution in [0.1, 0.15) is 11.1 Å². The number of hydrogen-bond acceptors (Lipinski definition) is 4. The van der Waals surface area contributed by atoms with Crippen molar-refractivity contribution in [2.45, 2.75) is 13.5 Å². The molecule has 0 spiro atoms. The van der Waals surface area contributed by atoms with Crippen LogP contribution in [0.4, 0.5) is 17.1 Å². The molecule has 0 bridgehead atoms. The number of anilines is 2. The summed E-state index contributed by atoms with van der Waals surface area (Å²) in [7, 11) is 1.94. The first-order chi connectivity index (χ1) is 9.49. The van der Waals surface area contributed by atoms with Gasteiger partial charge in [-0.25, -0.2) is 0 Å². The summed E-state index contributed by atoms with van der Waals surface area (Å²) < 4.78 is 0. The fraction of sp³-hybridized carbons (Fsp3) is 0.200. The molecule has 5 heteroatoms. The number of para-hydroxylation sites is 1. The van der Waals surface area contributed by atoms with Gasteiger partial charge in [0.25, 0.3) is 5.69 Å². The number of aryl methyl sites for hydroxylation is 1. The summed E-state index contributed by atoms with van der Waals surface area (Å²) in [5.74, 6) is 0. The standard InChI is InChI=1S/C15H17N3O2/c1-11-5-3-7-13(9-11)17(2)10-12-6-4-8-14(15(12)16)18(19)20/h3-9H,10,16H2,1-2H3. The molecular formula is C15H17N3O2. The highest BCUT2D eigenvalue weighted by Gasteiger charge is 2.15. The van der Waals surface area contributed by atoms with E-state index in [9.17, 15) is 10.1 Å². The highest BCUT2D eigenvalue weighted by atomic mass is 16.6. The number of hydrogen-bond donors (Lipinski definition) is 1. The van der Waals surface area contributed by atoms with E-state index in [0.29, 0.717) is 6.54 Å². The molecule has 2 aromatic rings. The van der Waals surface area contributed by atoms with Crippen molar-refractivity contribution in [3.05, 3.63) is 63.7 Å². The Hall–Kier alpha value is -2.56. The summed E-state index contributed by atoms with van der Waals surface area (Å²) in [6, 6.07) is 13.0. The zero-order chi connectivity index (χ0) is 14.7. The average Bonchev–Trinajstić information content (AvgIpc) is 2.40. The van der Waals surface area contributed by atoms with Crippen LogP contribution < -0.4 is 10.6 Å². The maximum atomic E-state index is 10.9. The molecule has 0 radical (unpaired) electrons. The van der Waals surface area contributed by atoms with E-state index in [2.05, 4.69) is 6.07 Å². The Morgan fingerprint density at radius 3 is 2.60 bits per heavy atom. The summed E-state index contributed by atoms with van der Waals surface area (Å²) in [6.07, 6.45) is 0. The SMILES string of the molecule is Cc1cccc(N(C)Cc2cccc([N+](=O)[O-])c2N)c1. The normalized spacial score (nSPS) is 10.3. The number of nitro groups is 1. The number of nitrogens with two attached hydrogens (primary N) is 1. The number of benzene rings is 2. The number of nitro benzene ring substituents is 1. The van der Waals surface area contributed by atoms with Gasteiger partial charge in [0, 0.05) is 30.9 Å². The van der Waals surface area contributed by atoms with Crippen LogP contribution in [0, 0.1) is 17.0 Å². The minimum Gasteiger partial charge on any atom is -0.393 e. The van der Waals surface area contributed by atoms with Crippen molar-refractivity contribution in [3.63, 3.8) is 0 Å². The fourth-order valence-electron chi connectivity index (χ4n) is 2.11. The second-order valence-electron chi connectivity index (χ2n) is 4.80. The van der Waals surface area contributed by atoms with Gasteiger partial charge in [-0.1, -0.05) is 24.3 Å². The smallest absolute Gasteiger partial charge is 0.292 e. The first-order valence-corrected chi connectivity index (χ1v) is 6.28. The van der Waals surface area contributed by atoms with Gasteiger partial charge in [-0.2, -0.15) is 0 Å². The lowest BCUT2D eigenvalue weighted by Crippen LogP contribution is -2.17. The van der Waals surface area contributed by atoms with Crippen LogP contribution >= 0.6 is 0 Å². The van der Waals surface area contributed by atoms with Crippen molar-refractivity contribution < 1.29 is 4.92 Å². The Bertz CT molecular complexity index is 641. The van der Waals surface area contributed by atoms with Crippen molar-refractivity contribution >= 4 is 17.1 Å². The summed E-state index contributed by atoms with van der Waals surface area (Å²) in [5, 5.41) is 10.9. The van der Waals surface area contributed by atoms with Gasteiger partial charge in [0.1, 0.15) is 5.69 Å². The summed E-state index contributed by atoms with van der Waals surface area (Å²) in [4.78, 5) is 12.4. The molecule has 0 heterocycles. The first-order valence-electron chi connectivity index (χ1n) is 6.28. The monoisotopic (exact) mass is 271 g/mol. The molecule has 2 N–H and O–H groups in total. The largest absolute Gasteiger partial charge is 0.393 e. The Kier molecular flexibility index (Phi) is 3.89. The predicted molar refractivity (Wildman–Crippen MR) is 80.8 cm³/mol. The van der Waals surface area contributed by atoms with Gasteiger partial charge < -0.3 is 10.6 Å². The third-order valence-corrected chi connectivity index (χ3v) is 3.22. The van der Waals surface area contributed by atoms with E-state index >= 15 is 0 Å². The van der Waals surface area contributed by atoms with Crippen LogP contribution in [-0.4, -0.2) is 12.0 Å². The van der Waals surface area contributed by atoms with E-state index in [-0.39, 0.29) is 11.4 Å². The van der Waals surface area contributed by atoms with Gasteiger partial charge in [-0.05, 0) is 24.6 Å².